The van der Waals surface area contributed by atoms with Gasteiger partial charge in [-0.25, -0.2) is 4.98 Å². The van der Waals surface area contributed by atoms with Gasteiger partial charge >= 0.3 is 5.97 Å². The summed E-state index contributed by atoms with van der Waals surface area (Å²) < 4.78 is 8.67. The SMILES string of the molecule is CC(=O)Oc1cccc(C(=O)Nc2ncns2)c1. The molecule has 1 N–H and O–H groups in total. The van der Waals surface area contributed by atoms with Crippen molar-refractivity contribution in [2.45, 2.75) is 6.92 Å². The molecule has 0 fully saturated rings. The van der Waals surface area contributed by atoms with E-state index in [1.54, 1.807) is 18.2 Å². The number of ether oxygens (including phenoxy) is 1. The summed E-state index contributed by atoms with van der Waals surface area (Å²) in [7, 11) is 0. The molecule has 1 amide bonds. The van der Waals surface area contributed by atoms with Crippen molar-refractivity contribution in [2.24, 2.45) is 0 Å². The van der Waals surface area contributed by atoms with Crippen LogP contribution in [0.2, 0.25) is 0 Å². The number of hydrogen-bond donors (Lipinski definition) is 1. The largest absolute Gasteiger partial charge is 0.427 e. The van der Waals surface area contributed by atoms with Crippen molar-refractivity contribution in [3.8, 4) is 5.75 Å². The van der Waals surface area contributed by atoms with Crippen molar-refractivity contribution < 1.29 is 14.3 Å². The van der Waals surface area contributed by atoms with Crippen LogP contribution in [0.4, 0.5) is 5.13 Å². The molecular weight excluding hydrogens is 254 g/mol. The normalized spacial score (nSPS) is 9.83. The number of amides is 1. The smallest absolute Gasteiger partial charge is 0.308 e. The van der Waals surface area contributed by atoms with Crippen molar-refractivity contribution in [1.29, 1.82) is 0 Å². The van der Waals surface area contributed by atoms with E-state index in [2.05, 4.69) is 14.7 Å². The molecule has 0 aliphatic carbocycles. The Hall–Kier alpha value is -2.28. The number of rotatable bonds is 3. The van der Waals surface area contributed by atoms with Gasteiger partial charge in [0.15, 0.2) is 0 Å². The highest BCUT2D eigenvalue weighted by Crippen LogP contribution is 2.15. The van der Waals surface area contributed by atoms with Crippen molar-refractivity contribution in [2.75, 3.05) is 5.32 Å². The van der Waals surface area contributed by atoms with Crippen LogP contribution in [-0.2, 0) is 4.79 Å². The van der Waals surface area contributed by atoms with E-state index in [1.165, 1.54) is 19.3 Å². The van der Waals surface area contributed by atoms with Crippen LogP contribution in [0.5, 0.6) is 5.75 Å². The van der Waals surface area contributed by atoms with Gasteiger partial charge < -0.3 is 4.74 Å². The molecule has 0 radical (unpaired) electrons. The number of aromatic nitrogens is 2. The molecule has 0 saturated carbocycles. The molecule has 0 saturated heterocycles. The van der Waals surface area contributed by atoms with Gasteiger partial charge in [0.05, 0.1) is 0 Å². The van der Waals surface area contributed by atoms with Crippen LogP contribution >= 0.6 is 11.5 Å². The summed E-state index contributed by atoms with van der Waals surface area (Å²) in [5.74, 6) is -0.440. The molecule has 2 rings (SSSR count). The lowest BCUT2D eigenvalue weighted by Crippen LogP contribution is -2.12. The predicted molar refractivity (Wildman–Crippen MR) is 65.6 cm³/mol. The molecule has 0 spiro atoms. The molecule has 0 unspecified atom stereocenters. The number of anilines is 1. The summed E-state index contributed by atoms with van der Waals surface area (Å²) in [5.41, 5.74) is 0.379. The first-order valence-electron chi connectivity index (χ1n) is 5.01. The van der Waals surface area contributed by atoms with Gasteiger partial charge in [0.2, 0.25) is 5.13 Å². The molecule has 0 aliphatic heterocycles. The Morgan fingerprint density at radius 1 is 1.39 bits per heavy atom. The van der Waals surface area contributed by atoms with Crippen LogP contribution in [0.3, 0.4) is 0 Å². The molecule has 2 aromatic rings. The minimum Gasteiger partial charge on any atom is -0.427 e. The molecule has 6 nitrogen and oxygen atoms in total. The Bertz CT molecular complexity index is 569. The first-order valence-corrected chi connectivity index (χ1v) is 5.79. The third-order valence-electron chi connectivity index (χ3n) is 1.94. The number of nitrogens with one attached hydrogen (secondary N) is 1. The molecule has 92 valence electrons. The van der Waals surface area contributed by atoms with E-state index >= 15 is 0 Å². The Morgan fingerprint density at radius 2 is 2.22 bits per heavy atom. The number of hydrogen-bond acceptors (Lipinski definition) is 6. The number of esters is 1. The topological polar surface area (TPSA) is 81.2 Å². The van der Waals surface area contributed by atoms with Gasteiger partial charge in [-0.15, -0.1) is 0 Å². The van der Waals surface area contributed by atoms with E-state index in [1.807, 2.05) is 0 Å². The second-order valence-electron chi connectivity index (χ2n) is 3.32. The van der Waals surface area contributed by atoms with Crippen LogP contribution in [0, 0.1) is 0 Å². The fourth-order valence-corrected chi connectivity index (χ4v) is 1.69. The lowest BCUT2D eigenvalue weighted by molar-refractivity contribution is -0.131. The highest BCUT2D eigenvalue weighted by Gasteiger charge is 2.09. The van der Waals surface area contributed by atoms with Crippen molar-refractivity contribution in [1.82, 2.24) is 9.36 Å². The molecule has 1 aromatic heterocycles. The number of carbonyl (C=O) groups excluding carboxylic acids is 2. The monoisotopic (exact) mass is 263 g/mol. The highest BCUT2D eigenvalue weighted by molar-refractivity contribution is 7.09. The molecule has 7 heteroatoms. The lowest BCUT2D eigenvalue weighted by Gasteiger charge is -2.04. The summed E-state index contributed by atoms with van der Waals surface area (Å²) in [6, 6.07) is 6.33. The third-order valence-corrected chi connectivity index (χ3v) is 2.52. The Labute approximate surface area is 107 Å². The Balaban J connectivity index is 2.12. The third kappa shape index (κ3) is 3.11. The second-order valence-corrected chi connectivity index (χ2v) is 4.10. The van der Waals surface area contributed by atoms with Crippen LogP contribution in [-0.4, -0.2) is 21.2 Å². The zero-order valence-electron chi connectivity index (χ0n) is 9.41. The molecule has 1 heterocycles. The fourth-order valence-electron chi connectivity index (χ4n) is 1.26. The lowest BCUT2D eigenvalue weighted by atomic mass is 10.2. The van der Waals surface area contributed by atoms with Crippen LogP contribution < -0.4 is 10.1 Å². The maximum Gasteiger partial charge on any atom is 0.308 e. The van der Waals surface area contributed by atoms with E-state index in [4.69, 9.17) is 4.74 Å². The first-order chi connectivity index (χ1) is 8.65. The zero-order chi connectivity index (χ0) is 13.0. The van der Waals surface area contributed by atoms with Crippen LogP contribution in [0.25, 0.3) is 0 Å². The molecule has 0 aliphatic rings. The maximum absolute atomic E-state index is 11.8. The predicted octanol–water partition coefficient (Wildman–Crippen LogP) is 1.72. The number of nitrogens with zero attached hydrogens (tertiary/aromatic N) is 2. The molecule has 1 aromatic carbocycles. The van der Waals surface area contributed by atoms with Crippen LogP contribution in [0.15, 0.2) is 30.6 Å². The Morgan fingerprint density at radius 3 is 2.89 bits per heavy atom. The summed E-state index contributed by atoms with van der Waals surface area (Å²) in [6.45, 7) is 1.30. The van der Waals surface area contributed by atoms with Gasteiger partial charge in [-0.05, 0) is 18.2 Å². The van der Waals surface area contributed by atoms with Gasteiger partial charge in [-0.3, -0.25) is 14.9 Å². The minimum atomic E-state index is -0.434. The second kappa shape index (κ2) is 5.37. The van der Waals surface area contributed by atoms with E-state index < -0.39 is 5.97 Å². The summed E-state index contributed by atoms with van der Waals surface area (Å²) >= 11 is 1.08. The zero-order valence-corrected chi connectivity index (χ0v) is 10.2. The highest BCUT2D eigenvalue weighted by atomic mass is 32.1. The van der Waals surface area contributed by atoms with E-state index in [9.17, 15) is 9.59 Å². The number of carbonyl (C=O) groups is 2. The standard InChI is InChI=1S/C11H9N3O3S/c1-7(15)17-9-4-2-3-8(5-9)10(16)14-11-12-6-13-18-11/h2-6H,1H3,(H,12,13,14,16). The average Bonchev–Trinajstić information content (AvgIpc) is 2.81. The summed E-state index contributed by atoms with van der Waals surface area (Å²) in [5, 5.41) is 3.00. The van der Waals surface area contributed by atoms with Crippen LogP contribution in [0.1, 0.15) is 17.3 Å². The van der Waals surface area contributed by atoms with Crippen molar-refractivity contribution in [3.05, 3.63) is 36.2 Å². The van der Waals surface area contributed by atoms with Gasteiger partial charge in [-0.2, -0.15) is 4.37 Å². The molecule has 18 heavy (non-hydrogen) atoms. The quantitative estimate of drug-likeness (QED) is 0.673. The van der Waals surface area contributed by atoms with E-state index in [-0.39, 0.29) is 5.91 Å². The summed E-state index contributed by atoms with van der Waals surface area (Å²) in [6.07, 6.45) is 1.36. The fraction of sp³-hybridized carbons (Fsp3) is 0.0909. The Kier molecular flexibility index (Phi) is 3.63. The number of benzene rings is 1. The minimum absolute atomic E-state index is 0.326. The van der Waals surface area contributed by atoms with E-state index in [0.717, 1.165) is 11.5 Å². The maximum atomic E-state index is 11.8. The average molecular weight is 263 g/mol. The molecular formula is C11H9N3O3S. The molecule has 0 bridgehead atoms. The van der Waals surface area contributed by atoms with Gasteiger partial charge in [-0.1, -0.05) is 6.07 Å². The van der Waals surface area contributed by atoms with Gasteiger partial charge in [0.25, 0.3) is 5.91 Å². The van der Waals surface area contributed by atoms with Crippen molar-refractivity contribution in [3.63, 3.8) is 0 Å². The molecule has 0 atom stereocenters. The summed E-state index contributed by atoms with van der Waals surface area (Å²) in [4.78, 5) is 26.5. The first kappa shape index (κ1) is 12.2. The van der Waals surface area contributed by atoms with Crippen molar-refractivity contribution >= 4 is 28.5 Å². The van der Waals surface area contributed by atoms with Gasteiger partial charge in [0, 0.05) is 24.0 Å². The van der Waals surface area contributed by atoms with Gasteiger partial charge in [0.1, 0.15) is 12.1 Å². The van der Waals surface area contributed by atoms with E-state index in [0.29, 0.717) is 16.4 Å².